The lowest BCUT2D eigenvalue weighted by Gasteiger charge is -2.21. The molecule has 136 valence electrons. The highest BCUT2D eigenvalue weighted by molar-refractivity contribution is 7.96. The second-order valence-corrected chi connectivity index (χ2v) is 7.05. The molecule has 0 radical (unpaired) electrons. The molecule has 0 bridgehead atoms. The van der Waals surface area contributed by atoms with Gasteiger partial charge in [0, 0.05) is 0 Å². The average molecular weight is 347 g/mol. The Morgan fingerprint density at radius 1 is 0.826 bits per heavy atom. The molecule has 0 aliphatic carbocycles. The van der Waals surface area contributed by atoms with Crippen LogP contribution in [0.4, 0.5) is 0 Å². The number of thiol groups is 1. The van der Waals surface area contributed by atoms with Gasteiger partial charge in [-0.1, -0.05) is 77.6 Å². The van der Waals surface area contributed by atoms with Gasteiger partial charge in [-0.15, -0.1) is 12.6 Å². The maximum atomic E-state index is 11.1. The summed E-state index contributed by atoms with van der Waals surface area (Å²) in [6.07, 6.45) is 13.9. The van der Waals surface area contributed by atoms with E-state index in [9.17, 15) is 14.7 Å². The molecule has 0 aliphatic rings. The normalized spacial score (nSPS) is 13.7. The van der Waals surface area contributed by atoms with Crippen LogP contribution in [0.25, 0.3) is 0 Å². The molecule has 0 aliphatic heterocycles. The second-order valence-electron chi connectivity index (χ2n) is 6.55. The van der Waals surface area contributed by atoms with Crippen molar-refractivity contribution < 1.29 is 19.8 Å². The Bertz CT molecular complexity index is 333. The van der Waals surface area contributed by atoms with Crippen LogP contribution >= 0.6 is 12.6 Å². The van der Waals surface area contributed by atoms with E-state index in [4.69, 9.17) is 5.11 Å². The fourth-order valence-electron chi connectivity index (χ4n) is 2.78. The number of rotatable bonds is 16. The minimum atomic E-state index is -1.95. The zero-order valence-electron chi connectivity index (χ0n) is 14.6. The first-order valence-corrected chi connectivity index (χ1v) is 9.54. The van der Waals surface area contributed by atoms with Crippen LogP contribution in [0.1, 0.15) is 96.8 Å². The van der Waals surface area contributed by atoms with Crippen molar-refractivity contribution in [2.24, 2.45) is 0 Å². The van der Waals surface area contributed by atoms with Crippen LogP contribution in [0.3, 0.4) is 0 Å². The van der Waals surface area contributed by atoms with Crippen LogP contribution in [0.2, 0.25) is 0 Å². The highest BCUT2D eigenvalue weighted by Crippen LogP contribution is 2.22. The molecule has 0 saturated heterocycles. The predicted molar refractivity (Wildman–Crippen MR) is 96.9 cm³/mol. The quantitative estimate of drug-likeness (QED) is 0.279. The largest absolute Gasteiger partial charge is 0.479 e. The zero-order valence-corrected chi connectivity index (χ0v) is 15.5. The fraction of sp³-hybridized carbons (Fsp3) is 0.889. The molecule has 0 heterocycles. The summed E-state index contributed by atoms with van der Waals surface area (Å²) < 4.78 is 0. The molecule has 0 rings (SSSR count). The van der Waals surface area contributed by atoms with Crippen molar-refractivity contribution in [1.82, 2.24) is 0 Å². The van der Waals surface area contributed by atoms with E-state index >= 15 is 0 Å². The number of aliphatic carboxylic acids is 1. The number of carboxylic acid groups (broad SMARTS) is 1. The van der Waals surface area contributed by atoms with Crippen molar-refractivity contribution in [1.29, 1.82) is 0 Å². The van der Waals surface area contributed by atoms with Gasteiger partial charge in [-0.2, -0.15) is 0 Å². The molecule has 5 heteroatoms. The van der Waals surface area contributed by atoms with Gasteiger partial charge in [0.15, 0.2) is 10.7 Å². The Labute approximate surface area is 146 Å². The molecular formula is C18H34O4S. The average Bonchev–Trinajstić information content (AvgIpc) is 2.47. The topological polar surface area (TPSA) is 74.6 Å². The smallest absolute Gasteiger partial charge is 0.336 e. The molecule has 0 fully saturated rings. The highest BCUT2D eigenvalue weighted by atomic mass is 32.1. The molecule has 0 saturated carbocycles. The third-order valence-corrected chi connectivity index (χ3v) is 4.44. The molecule has 2 N–H and O–H groups in total. The summed E-state index contributed by atoms with van der Waals surface area (Å²) in [7, 11) is 0. The summed E-state index contributed by atoms with van der Waals surface area (Å²) in [4.78, 5) is 22.0. The number of hydrogen-bond acceptors (Lipinski definition) is 3. The monoisotopic (exact) mass is 346 g/mol. The van der Waals surface area contributed by atoms with Gasteiger partial charge in [0.2, 0.25) is 0 Å². The molecule has 1 unspecified atom stereocenters. The third-order valence-electron chi connectivity index (χ3n) is 4.29. The molecule has 0 aromatic rings. The zero-order chi connectivity index (χ0) is 17.6. The maximum absolute atomic E-state index is 11.1. The summed E-state index contributed by atoms with van der Waals surface area (Å²) in [5, 5.41) is 18.4. The molecule has 4 nitrogen and oxygen atoms in total. The minimum absolute atomic E-state index is 0.117. The molecule has 1 atom stereocenters. The number of hydrogen-bond donors (Lipinski definition) is 3. The Balaban J connectivity index is 3.54. The van der Waals surface area contributed by atoms with Crippen LogP contribution in [0.15, 0.2) is 0 Å². The van der Waals surface area contributed by atoms with Gasteiger partial charge < -0.3 is 10.2 Å². The summed E-state index contributed by atoms with van der Waals surface area (Å²) in [5.74, 6) is -1.33. The van der Waals surface area contributed by atoms with Gasteiger partial charge in [-0.25, -0.2) is 4.79 Å². The van der Waals surface area contributed by atoms with Crippen LogP contribution in [0, 0.1) is 0 Å². The van der Waals surface area contributed by atoms with Crippen LogP contribution in [-0.4, -0.2) is 26.9 Å². The molecule has 0 aromatic carbocycles. The first kappa shape index (κ1) is 22.4. The Hall–Kier alpha value is -0.550. The van der Waals surface area contributed by atoms with Crippen LogP contribution in [-0.2, 0) is 9.59 Å². The molecule has 0 amide bonds. The summed E-state index contributed by atoms with van der Waals surface area (Å²) >= 11 is 3.56. The first-order valence-electron chi connectivity index (χ1n) is 9.10. The van der Waals surface area contributed by atoms with E-state index in [1.165, 1.54) is 51.4 Å². The van der Waals surface area contributed by atoms with Crippen molar-refractivity contribution in [3.8, 4) is 0 Å². The highest BCUT2D eigenvalue weighted by Gasteiger charge is 2.36. The fourth-order valence-corrected chi connectivity index (χ4v) is 3.04. The second kappa shape index (κ2) is 13.8. The minimum Gasteiger partial charge on any atom is -0.479 e. The number of carbonyl (C=O) groups is 2. The van der Waals surface area contributed by atoms with Crippen molar-refractivity contribution >= 4 is 23.7 Å². The van der Waals surface area contributed by atoms with Crippen LogP contribution in [0.5, 0.6) is 0 Å². The van der Waals surface area contributed by atoms with E-state index in [-0.39, 0.29) is 6.42 Å². The number of aliphatic hydroxyl groups is 1. The number of unbranched alkanes of at least 4 members (excludes halogenated alkanes) is 11. The molecular weight excluding hydrogens is 312 g/mol. The summed E-state index contributed by atoms with van der Waals surface area (Å²) in [5.41, 5.74) is -1.95. The lowest BCUT2D eigenvalue weighted by Crippen LogP contribution is -2.39. The Morgan fingerprint density at radius 3 is 1.57 bits per heavy atom. The van der Waals surface area contributed by atoms with E-state index in [2.05, 4.69) is 19.6 Å². The predicted octanol–water partition coefficient (Wildman–Crippen LogP) is 4.74. The maximum Gasteiger partial charge on any atom is 0.336 e. The van der Waals surface area contributed by atoms with E-state index in [1.807, 2.05) is 0 Å². The number of carbonyl (C=O) groups excluding carboxylic acids is 1. The first-order chi connectivity index (χ1) is 10.9. The van der Waals surface area contributed by atoms with Gasteiger partial charge in [-0.05, 0) is 12.8 Å². The lowest BCUT2D eigenvalue weighted by atomic mass is 9.93. The molecule has 0 aromatic heterocycles. The van der Waals surface area contributed by atoms with Crippen molar-refractivity contribution in [3.63, 3.8) is 0 Å². The van der Waals surface area contributed by atoms with Crippen molar-refractivity contribution in [2.75, 3.05) is 0 Å². The van der Waals surface area contributed by atoms with E-state index in [1.54, 1.807) is 0 Å². The Morgan fingerprint density at radius 2 is 1.22 bits per heavy atom. The molecule has 0 spiro atoms. The van der Waals surface area contributed by atoms with E-state index in [0.717, 1.165) is 19.3 Å². The van der Waals surface area contributed by atoms with E-state index < -0.39 is 23.1 Å². The summed E-state index contributed by atoms with van der Waals surface area (Å²) in [6, 6.07) is 0. The van der Waals surface area contributed by atoms with Gasteiger partial charge in [-0.3, -0.25) is 4.79 Å². The van der Waals surface area contributed by atoms with Gasteiger partial charge in [0.1, 0.15) is 0 Å². The van der Waals surface area contributed by atoms with Gasteiger partial charge in [0.05, 0.1) is 6.42 Å². The van der Waals surface area contributed by atoms with Crippen molar-refractivity contribution in [2.45, 2.75) is 102 Å². The summed E-state index contributed by atoms with van der Waals surface area (Å²) in [6.45, 7) is 2.23. The SMILES string of the molecule is CCCCCCCCCCCCCCC(O)(CC(=O)S)C(=O)O. The van der Waals surface area contributed by atoms with Crippen LogP contribution < -0.4 is 0 Å². The van der Waals surface area contributed by atoms with E-state index in [0.29, 0.717) is 6.42 Å². The van der Waals surface area contributed by atoms with Gasteiger partial charge >= 0.3 is 5.97 Å². The van der Waals surface area contributed by atoms with Gasteiger partial charge in [0.25, 0.3) is 0 Å². The number of carboxylic acids is 1. The lowest BCUT2D eigenvalue weighted by molar-refractivity contribution is -0.161. The molecule has 23 heavy (non-hydrogen) atoms. The Kier molecular flexibility index (Phi) is 13.5. The van der Waals surface area contributed by atoms with Crippen molar-refractivity contribution in [3.05, 3.63) is 0 Å². The standard InChI is InChI=1S/C18H34O4S/c1-2-3-4-5-6-7-8-9-10-11-12-13-14-18(22,17(20)21)15-16(19)23/h22H,2-15H2,1H3,(H,19,23)(H,20,21). The third kappa shape index (κ3) is 12.5.